The van der Waals surface area contributed by atoms with Gasteiger partial charge in [0.2, 0.25) is 0 Å². The SMILES string of the molecule is CN1CCN(c2nc(-c3ccc(C(=O)N[C@@H](Cc4cc(I)c(O)c(I)c4)C(=O)N(C)C#N)cc3)cs2)CC1. The summed E-state index contributed by atoms with van der Waals surface area (Å²) < 4.78 is 1.29. The number of piperazine rings is 1. The number of benzene rings is 2. The number of carbonyl (C=O) groups is 2. The Morgan fingerprint density at radius 3 is 2.42 bits per heavy atom. The molecule has 0 unspecified atom stereocenters. The summed E-state index contributed by atoms with van der Waals surface area (Å²) in [5.41, 5.74) is 2.92. The van der Waals surface area contributed by atoms with Gasteiger partial charge in [0, 0.05) is 56.2 Å². The maximum atomic E-state index is 13.1. The quantitative estimate of drug-likeness (QED) is 0.215. The first-order valence-corrected chi connectivity index (χ1v) is 14.8. The molecule has 2 amide bonds. The Bertz CT molecular complexity index is 1340. The molecule has 0 radical (unpaired) electrons. The molecular formula is C26H26I2N6O3S. The van der Waals surface area contributed by atoms with Crippen molar-refractivity contribution in [2.24, 2.45) is 0 Å². The number of nitrogens with zero attached hydrogens (tertiary/aromatic N) is 5. The van der Waals surface area contributed by atoms with Gasteiger partial charge in [-0.15, -0.1) is 11.3 Å². The fraction of sp³-hybridized carbons (Fsp3) is 0.308. The first-order valence-electron chi connectivity index (χ1n) is 11.8. The number of halogens is 2. The second kappa shape index (κ2) is 12.6. The normalized spacial score (nSPS) is 14.6. The number of likely N-dealkylation sites (N-methyl/N-ethyl adjacent to an activating group) is 2. The van der Waals surface area contributed by atoms with Gasteiger partial charge >= 0.3 is 0 Å². The van der Waals surface area contributed by atoms with Crippen molar-refractivity contribution < 1.29 is 14.7 Å². The van der Waals surface area contributed by atoms with E-state index in [2.05, 4.69) is 22.2 Å². The van der Waals surface area contributed by atoms with Crippen LogP contribution in [0.5, 0.6) is 5.75 Å². The van der Waals surface area contributed by atoms with Crippen LogP contribution in [-0.4, -0.2) is 78.0 Å². The largest absolute Gasteiger partial charge is 0.506 e. The molecule has 1 fully saturated rings. The van der Waals surface area contributed by atoms with E-state index in [0.717, 1.165) is 53.0 Å². The lowest BCUT2D eigenvalue weighted by atomic mass is 10.0. The van der Waals surface area contributed by atoms with E-state index in [1.54, 1.807) is 41.8 Å². The third-order valence-corrected chi connectivity index (χ3v) is 8.86. The van der Waals surface area contributed by atoms with Crippen molar-refractivity contribution in [2.45, 2.75) is 12.5 Å². The summed E-state index contributed by atoms with van der Waals surface area (Å²) in [4.78, 5) is 36.3. The van der Waals surface area contributed by atoms with Gasteiger partial charge in [0.25, 0.3) is 11.8 Å². The minimum absolute atomic E-state index is 0.173. The molecule has 1 aliphatic rings. The number of anilines is 1. The highest BCUT2D eigenvalue weighted by molar-refractivity contribution is 14.1. The standard InChI is InChI=1S/C26H26I2N6O3S/c1-32-7-9-34(10-8-32)26-31-22(14-38-26)17-3-5-18(6-4-17)24(36)30-21(25(37)33(2)15-29)13-16-11-19(27)23(35)20(28)12-16/h3-6,11-12,14,21,35H,7-10,13H2,1-2H3,(H,30,36)/t21-/m0/s1. The van der Waals surface area contributed by atoms with Gasteiger partial charge in [0.15, 0.2) is 11.3 Å². The number of carbonyl (C=O) groups excluding carboxylic acids is 2. The van der Waals surface area contributed by atoms with Crippen LogP contribution in [0, 0.1) is 18.6 Å². The number of hydrogen-bond donors (Lipinski definition) is 2. The van der Waals surface area contributed by atoms with Gasteiger partial charge in [0.05, 0.1) is 12.8 Å². The van der Waals surface area contributed by atoms with Gasteiger partial charge in [-0.1, -0.05) is 12.1 Å². The number of phenols is 1. The Labute approximate surface area is 252 Å². The summed E-state index contributed by atoms with van der Waals surface area (Å²) >= 11 is 5.65. The van der Waals surface area contributed by atoms with Gasteiger partial charge in [-0.3, -0.25) is 14.5 Å². The van der Waals surface area contributed by atoms with Gasteiger partial charge < -0.3 is 20.2 Å². The van der Waals surface area contributed by atoms with E-state index in [1.807, 2.05) is 62.7 Å². The summed E-state index contributed by atoms with van der Waals surface area (Å²) in [5.74, 6) is -0.762. The molecule has 38 heavy (non-hydrogen) atoms. The summed E-state index contributed by atoms with van der Waals surface area (Å²) in [5, 5.41) is 25.1. The number of hydrogen-bond acceptors (Lipinski definition) is 8. The van der Waals surface area contributed by atoms with E-state index in [1.165, 1.54) is 7.05 Å². The van der Waals surface area contributed by atoms with Crippen molar-refractivity contribution in [2.75, 3.05) is 45.2 Å². The van der Waals surface area contributed by atoms with Crippen LogP contribution < -0.4 is 10.2 Å². The van der Waals surface area contributed by atoms with E-state index in [9.17, 15) is 20.0 Å². The minimum Gasteiger partial charge on any atom is -0.506 e. The average Bonchev–Trinajstić information content (AvgIpc) is 3.41. The maximum absolute atomic E-state index is 13.1. The second-order valence-electron chi connectivity index (χ2n) is 9.02. The molecule has 9 nitrogen and oxygen atoms in total. The lowest BCUT2D eigenvalue weighted by Gasteiger charge is -2.32. The molecule has 1 aliphatic heterocycles. The van der Waals surface area contributed by atoms with Crippen molar-refractivity contribution in [3.8, 4) is 23.2 Å². The number of phenolic OH excluding ortho intramolecular Hbond substituents is 1. The predicted molar refractivity (Wildman–Crippen MR) is 164 cm³/mol. The Balaban J connectivity index is 1.48. The predicted octanol–water partition coefficient (Wildman–Crippen LogP) is 3.76. The van der Waals surface area contributed by atoms with Crippen LogP contribution in [0.2, 0.25) is 0 Å². The molecule has 1 atom stereocenters. The molecule has 0 saturated carbocycles. The average molecular weight is 756 g/mol. The third-order valence-electron chi connectivity index (χ3n) is 6.31. The van der Waals surface area contributed by atoms with E-state index < -0.39 is 17.9 Å². The van der Waals surface area contributed by atoms with Crippen LogP contribution in [-0.2, 0) is 11.2 Å². The summed E-state index contributed by atoms with van der Waals surface area (Å²) in [6.45, 7) is 3.92. The number of rotatable bonds is 7. The van der Waals surface area contributed by atoms with Crippen LogP contribution in [0.15, 0.2) is 41.8 Å². The topological polar surface area (TPSA) is 113 Å². The van der Waals surface area contributed by atoms with E-state index in [0.29, 0.717) is 12.7 Å². The molecule has 2 aromatic carbocycles. The van der Waals surface area contributed by atoms with Crippen molar-refractivity contribution >= 4 is 73.5 Å². The second-order valence-corrected chi connectivity index (χ2v) is 12.2. The maximum Gasteiger partial charge on any atom is 0.258 e. The van der Waals surface area contributed by atoms with Crippen LogP contribution in [0.25, 0.3) is 11.3 Å². The fourth-order valence-electron chi connectivity index (χ4n) is 4.03. The zero-order valence-electron chi connectivity index (χ0n) is 20.8. The van der Waals surface area contributed by atoms with Crippen molar-refractivity contribution in [3.05, 3.63) is 60.0 Å². The molecule has 1 aromatic heterocycles. The van der Waals surface area contributed by atoms with Crippen molar-refractivity contribution in [1.82, 2.24) is 20.1 Å². The van der Waals surface area contributed by atoms with Crippen LogP contribution >= 0.6 is 56.5 Å². The van der Waals surface area contributed by atoms with Gasteiger partial charge in [-0.25, -0.2) is 4.98 Å². The number of thiazole rings is 1. The lowest BCUT2D eigenvalue weighted by molar-refractivity contribution is -0.129. The number of nitrogens with one attached hydrogen (secondary N) is 1. The molecule has 4 rings (SSSR count). The number of nitriles is 1. The molecule has 12 heteroatoms. The van der Waals surface area contributed by atoms with Crippen LogP contribution in [0.4, 0.5) is 5.13 Å². The first kappa shape index (κ1) is 28.5. The molecule has 0 aliphatic carbocycles. The molecule has 3 aromatic rings. The summed E-state index contributed by atoms with van der Waals surface area (Å²) in [7, 11) is 3.49. The monoisotopic (exact) mass is 756 g/mol. The lowest BCUT2D eigenvalue weighted by Crippen LogP contribution is -2.47. The van der Waals surface area contributed by atoms with E-state index in [4.69, 9.17) is 4.98 Å². The Morgan fingerprint density at radius 1 is 1.18 bits per heavy atom. The van der Waals surface area contributed by atoms with Gasteiger partial charge in [0.1, 0.15) is 11.8 Å². The van der Waals surface area contributed by atoms with Gasteiger partial charge in [-0.05, 0) is 82.1 Å². The number of aromatic nitrogens is 1. The third kappa shape index (κ3) is 6.74. The molecule has 198 valence electrons. The Kier molecular flexibility index (Phi) is 9.45. The minimum atomic E-state index is -0.951. The summed E-state index contributed by atoms with van der Waals surface area (Å²) in [6.07, 6.45) is 1.98. The number of amides is 2. The Morgan fingerprint density at radius 2 is 1.82 bits per heavy atom. The van der Waals surface area contributed by atoms with E-state index >= 15 is 0 Å². The molecule has 1 saturated heterocycles. The summed E-state index contributed by atoms with van der Waals surface area (Å²) in [6, 6.07) is 9.68. The molecule has 2 heterocycles. The van der Waals surface area contributed by atoms with E-state index in [-0.39, 0.29) is 12.2 Å². The Hall–Kier alpha value is -2.48. The first-order chi connectivity index (χ1) is 18.2. The highest BCUT2D eigenvalue weighted by Gasteiger charge is 2.26. The molecule has 0 bridgehead atoms. The molecular weight excluding hydrogens is 730 g/mol. The van der Waals surface area contributed by atoms with Crippen molar-refractivity contribution in [1.29, 1.82) is 5.26 Å². The smallest absolute Gasteiger partial charge is 0.258 e. The molecule has 2 N–H and O–H groups in total. The zero-order chi connectivity index (χ0) is 27.4. The fourth-order valence-corrected chi connectivity index (χ4v) is 6.81. The number of aromatic hydroxyl groups is 1. The highest BCUT2D eigenvalue weighted by atomic mass is 127. The van der Waals surface area contributed by atoms with Crippen LogP contribution in [0.1, 0.15) is 15.9 Å². The van der Waals surface area contributed by atoms with Crippen LogP contribution in [0.3, 0.4) is 0 Å². The highest BCUT2D eigenvalue weighted by Crippen LogP contribution is 2.29. The molecule has 0 spiro atoms. The van der Waals surface area contributed by atoms with Crippen molar-refractivity contribution in [3.63, 3.8) is 0 Å². The zero-order valence-corrected chi connectivity index (χ0v) is 25.9. The van der Waals surface area contributed by atoms with Gasteiger partial charge in [-0.2, -0.15) is 5.26 Å².